The van der Waals surface area contributed by atoms with Gasteiger partial charge in [-0.25, -0.2) is 4.98 Å². The number of pyridine rings is 1. The van der Waals surface area contributed by atoms with Crippen LogP contribution in [0.2, 0.25) is 0 Å². The van der Waals surface area contributed by atoms with Crippen molar-refractivity contribution in [1.82, 2.24) is 10.3 Å². The summed E-state index contributed by atoms with van der Waals surface area (Å²) >= 11 is 0. The van der Waals surface area contributed by atoms with Gasteiger partial charge in [0.05, 0.1) is 7.11 Å². The van der Waals surface area contributed by atoms with E-state index in [4.69, 9.17) is 9.47 Å². The Labute approximate surface area is 214 Å². The van der Waals surface area contributed by atoms with Crippen LogP contribution in [0.5, 0.6) is 5.88 Å². The van der Waals surface area contributed by atoms with Crippen LogP contribution in [0, 0.1) is 11.3 Å². The fourth-order valence-electron chi connectivity index (χ4n) is 3.65. The topological polar surface area (TPSA) is 77.5 Å². The summed E-state index contributed by atoms with van der Waals surface area (Å²) in [5.41, 5.74) is 2.29. The second-order valence-corrected chi connectivity index (χ2v) is 10.6. The van der Waals surface area contributed by atoms with Crippen molar-refractivity contribution in [1.29, 1.82) is 0 Å². The number of esters is 1. The summed E-state index contributed by atoms with van der Waals surface area (Å²) in [5.74, 6) is 1.09. The Balaban J connectivity index is 0.00000124. The molecule has 0 saturated carbocycles. The molecule has 2 unspecified atom stereocenters. The molecular weight excluding hydrogens is 440 g/mol. The number of nitrogens with zero attached hydrogens (tertiary/aromatic N) is 1. The van der Waals surface area contributed by atoms with Crippen LogP contribution in [0.1, 0.15) is 113 Å². The molecule has 0 bridgehead atoms. The van der Waals surface area contributed by atoms with Gasteiger partial charge in [-0.2, -0.15) is 0 Å². The Morgan fingerprint density at radius 1 is 1.09 bits per heavy atom. The average molecular weight is 491 g/mol. The number of rotatable bonds is 11. The SMILES string of the molecule is CC(=O)OC(C)(C)C.CCCC(C)(CCC(C)CC)C(=O)N/C(=C(\C)CC)c1ccnc(OC)c1. The van der Waals surface area contributed by atoms with Crippen LogP contribution in [0.4, 0.5) is 0 Å². The van der Waals surface area contributed by atoms with Gasteiger partial charge in [0, 0.05) is 35.9 Å². The first-order chi connectivity index (χ1) is 16.2. The van der Waals surface area contributed by atoms with Crippen molar-refractivity contribution in [2.75, 3.05) is 7.11 Å². The molecular formula is C29H50N2O4. The largest absolute Gasteiger partial charge is 0.481 e. The molecule has 0 saturated heterocycles. The first-order valence-corrected chi connectivity index (χ1v) is 12.9. The van der Waals surface area contributed by atoms with Crippen molar-refractivity contribution in [3.05, 3.63) is 29.5 Å². The fourth-order valence-corrected chi connectivity index (χ4v) is 3.65. The van der Waals surface area contributed by atoms with E-state index < -0.39 is 0 Å². The number of ether oxygens (including phenoxy) is 2. The molecule has 0 aliphatic heterocycles. The molecule has 0 fully saturated rings. The number of carbonyl (C=O) groups is 2. The van der Waals surface area contributed by atoms with Crippen LogP contribution in [0.15, 0.2) is 23.9 Å². The highest BCUT2D eigenvalue weighted by Crippen LogP contribution is 2.33. The van der Waals surface area contributed by atoms with Crippen molar-refractivity contribution < 1.29 is 19.1 Å². The molecule has 0 aliphatic rings. The van der Waals surface area contributed by atoms with Crippen LogP contribution >= 0.6 is 0 Å². The van der Waals surface area contributed by atoms with Crippen molar-refractivity contribution in [2.24, 2.45) is 11.3 Å². The predicted molar refractivity (Wildman–Crippen MR) is 145 cm³/mol. The molecule has 6 nitrogen and oxygen atoms in total. The Hall–Kier alpha value is -2.37. The van der Waals surface area contributed by atoms with Gasteiger partial charge in [-0.1, -0.05) is 47.5 Å². The summed E-state index contributed by atoms with van der Waals surface area (Å²) in [7, 11) is 1.61. The van der Waals surface area contributed by atoms with Crippen molar-refractivity contribution in [2.45, 2.75) is 113 Å². The molecule has 0 aromatic carbocycles. The Bertz CT molecular complexity index is 826. The zero-order valence-corrected chi connectivity index (χ0v) is 24.1. The summed E-state index contributed by atoms with van der Waals surface area (Å²) in [6, 6.07) is 3.80. The number of aromatic nitrogens is 1. The maximum atomic E-state index is 13.3. The van der Waals surface area contributed by atoms with E-state index in [9.17, 15) is 9.59 Å². The smallest absolute Gasteiger partial charge is 0.303 e. The van der Waals surface area contributed by atoms with Gasteiger partial charge in [0.15, 0.2) is 0 Å². The first kappa shape index (κ1) is 32.6. The summed E-state index contributed by atoms with van der Waals surface area (Å²) in [6.07, 6.45) is 7.64. The highest BCUT2D eigenvalue weighted by atomic mass is 16.6. The van der Waals surface area contributed by atoms with E-state index in [1.54, 1.807) is 13.3 Å². The zero-order chi connectivity index (χ0) is 27.2. The van der Waals surface area contributed by atoms with Gasteiger partial charge >= 0.3 is 5.97 Å². The average Bonchev–Trinajstić information content (AvgIpc) is 2.79. The number of hydrogen-bond acceptors (Lipinski definition) is 5. The fraction of sp³-hybridized carbons (Fsp3) is 0.690. The van der Waals surface area contributed by atoms with Gasteiger partial charge in [-0.3, -0.25) is 9.59 Å². The second-order valence-electron chi connectivity index (χ2n) is 10.6. The van der Waals surface area contributed by atoms with Gasteiger partial charge in [-0.05, 0) is 70.9 Å². The molecule has 1 N–H and O–H groups in total. The van der Waals surface area contributed by atoms with Gasteiger partial charge < -0.3 is 14.8 Å². The quantitative estimate of drug-likeness (QED) is 0.329. The third-order valence-electron chi connectivity index (χ3n) is 6.11. The van der Waals surface area contributed by atoms with Gasteiger partial charge in [-0.15, -0.1) is 0 Å². The van der Waals surface area contributed by atoms with E-state index in [0.717, 1.165) is 55.4 Å². The zero-order valence-electron chi connectivity index (χ0n) is 24.1. The van der Waals surface area contributed by atoms with Gasteiger partial charge in [0.2, 0.25) is 11.8 Å². The summed E-state index contributed by atoms with van der Waals surface area (Å²) < 4.78 is 10.1. The molecule has 35 heavy (non-hydrogen) atoms. The van der Waals surface area contributed by atoms with Crippen LogP contribution in [0.3, 0.4) is 0 Å². The molecule has 1 rings (SSSR count). The monoisotopic (exact) mass is 490 g/mol. The third kappa shape index (κ3) is 12.8. The maximum absolute atomic E-state index is 13.3. The van der Waals surface area contributed by atoms with Crippen molar-refractivity contribution in [3.63, 3.8) is 0 Å². The number of allylic oxidation sites excluding steroid dienone is 1. The van der Waals surface area contributed by atoms with Gasteiger partial charge in [0.25, 0.3) is 0 Å². The predicted octanol–water partition coefficient (Wildman–Crippen LogP) is 7.33. The number of carbonyl (C=O) groups excluding carboxylic acids is 2. The standard InChI is InChI=1S/C23H38N2O2.C6H12O2/c1-8-13-23(6,14-11-17(4)9-2)22(26)25-21(18(5)10-3)19-12-15-24-20(16-19)27-7;1-5(7)8-6(2,3)4/h12,15-17H,8-11,13-14H2,1-7H3,(H,25,26);1-4H3/b21-18+;. The van der Waals surface area contributed by atoms with Crippen LogP contribution in [-0.4, -0.2) is 29.6 Å². The second kappa shape index (κ2) is 15.6. The van der Waals surface area contributed by atoms with E-state index in [1.807, 2.05) is 32.9 Å². The van der Waals surface area contributed by atoms with Crippen molar-refractivity contribution >= 4 is 17.6 Å². The lowest BCUT2D eigenvalue weighted by Gasteiger charge is -2.30. The van der Waals surface area contributed by atoms with Crippen LogP contribution in [0.25, 0.3) is 5.70 Å². The minimum absolute atomic E-state index is 0.117. The van der Waals surface area contributed by atoms with E-state index in [1.165, 1.54) is 6.92 Å². The molecule has 0 aliphatic carbocycles. The molecule has 0 spiro atoms. The van der Waals surface area contributed by atoms with E-state index >= 15 is 0 Å². The summed E-state index contributed by atoms with van der Waals surface area (Å²) in [4.78, 5) is 27.7. The third-order valence-corrected chi connectivity index (χ3v) is 6.11. The van der Waals surface area contributed by atoms with E-state index in [2.05, 4.69) is 51.8 Å². The molecule has 1 aromatic rings. The molecule has 6 heteroatoms. The molecule has 1 aromatic heterocycles. The number of methoxy groups -OCH3 is 1. The minimum Gasteiger partial charge on any atom is -0.481 e. The molecule has 0 radical (unpaired) electrons. The van der Waals surface area contributed by atoms with Crippen LogP contribution < -0.4 is 10.1 Å². The number of nitrogens with one attached hydrogen (secondary N) is 1. The first-order valence-electron chi connectivity index (χ1n) is 12.9. The van der Waals surface area contributed by atoms with Crippen LogP contribution in [-0.2, 0) is 14.3 Å². The maximum Gasteiger partial charge on any atom is 0.303 e. The summed E-state index contributed by atoms with van der Waals surface area (Å²) in [6.45, 7) is 19.8. The van der Waals surface area contributed by atoms with Crippen molar-refractivity contribution in [3.8, 4) is 5.88 Å². The highest BCUT2D eigenvalue weighted by Gasteiger charge is 2.33. The molecule has 1 heterocycles. The molecule has 200 valence electrons. The Morgan fingerprint density at radius 3 is 2.14 bits per heavy atom. The highest BCUT2D eigenvalue weighted by molar-refractivity contribution is 5.91. The Kier molecular flexibility index (Phi) is 14.5. The number of amides is 1. The molecule has 2 atom stereocenters. The lowest BCUT2D eigenvalue weighted by atomic mass is 9.78. The minimum atomic E-state index is -0.353. The lowest BCUT2D eigenvalue weighted by Crippen LogP contribution is -2.38. The molecule has 1 amide bonds. The van der Waals surface area contributed by atoms with E-state index in [0.29, 0.717) is 11.8 Å². The summed E-state index contributed by atoms with van der Waals surface area (Å²) in [5, 5.41) is 3.26. The number of hydrogen-bond donors (Lipinski definition) is 1. The van der Waals surface area contributed by atoms with Gasteiger partial charge in [0.1, 0.15) is 5.60 Å². The normalized spacial score (nSPS) is 14.5. The Morgan fingerprint density at radius 2 is 1.71 bits per heavy atom. The van der Waals surface area contributed by atoms with E-state index in [-0.39, 0.29) is 22.9 Å². The lowest BCUT2D eigenvalue weighted by molar-refractivity contribution is -0.151.